The second-order valence-electron chi connectivity index (χ2n) is 7.31. The summed E-state index contributed by atoms with van der Waals surface area (Å²) >= 11 is 7.64. The second-order valence-corrected chi connectivity index (χ2v) is 8.74. The highest BCUT2D eigenvalue weighted by molar-refractivity contribution is 7.18. The molecule has 0 fully saturated rings. The van der Waals surface area contributed by atoms with Gasteiger partial charge in [-0.3, -0.25) is 9.89 Å². The minimum absolute atomic E-state index is 0.241. The Balaban J connectivity index is 1.41. The van der Waals surface area contributed by atoms with Crippen LogP contribution in [0.25, 0.3) is 21.1 Å². The van der Waals surface area contributed by atoms with Gasteiger partial charge in [0.15, 0.2) is 17.2 Å². The van der Waals surface area contributed by atoms with Gasteiger partial charge in [-0.25, -0.2) is 4.98 Å². The third-order valence-electron chi connectivity index (χ3n) is 5.07. The van der Waals surface area contributed by atoms with Crippen molar-refractivity contribution in [3.63, 3.8) is 0 Å². The minimum atomic E-state index is -0.241. The van der Waals surface area contributed by atoms with Gasteiger partial charge >= 0.3 is 0 Å². The molecule has 7 nitrogen and oxygen atoms in total. The van der Waals surface area contributed by atoms with Gasteiger partial charge in [0.1, 0.15) is 5.01 Å². The van der Waals surface area contributed by atoms with Gasteiger partial charge in [-0.15, -0.1) is 11.3 Å². The van der Waals surface area contributed by atoms with Gasteiger partial charge in [0.2, 0.25) is 0 Å². The Kier molecular flexibility index (Phi) is 6.96. The number of aromatic amines is 1. The molecule has 0 aliphatic heterocycles. The summed E-state index contributed by atoms with van der Waals surface area (Å²) < 4.78 is 10.6. The molecule has 0 saturated heterocycles. The fourth-order valence-corrected chi connectivity index (χ4v) is 4.61. The maximum Gasteiger partial charge on any atom is 0.271 e. The van der Waals surface area contributed by atoms with Crippen molar-refractivity contribution in [2.75, 3.05) is 20.8 Å². The molecule has 0 radical (unpaired) electrons. The largest absolute Gasteiger partial charge is 0.493 e. The number of hydrogen-bond acceptors (Lipinski definition) is 6. The van der Waals surface area contributed by atoms with Crippen molar-refractivity contribution < 1.29 is 14.3 Å². The van der Waals surface area contributed by atoms with E-state index in [-0.39, 0.29) is 5.91 Å². The Hall–Kier alpha value is -3.36. The van der Waals surface area contributed by atoms with Crippen molar-refractivity contribution in [1.29, 1.82) is 0 Å². The predicted octanol–water partition coefficient (Wildman–Crippen LogP) is 5.15. The molecule has 0 spiro atoms. The van der Waals surface area contributed by atoms with Crippen LogP contribution in [0, 0.1) is 6.92 Å². The third-order valence-corrected chi connectivity index (χ3v) is 6.55. The van der Waals surface area contributed by atoms with E-state index >= 15 is 0 Å². The lowest BCUT2D eigenvalue weighted by Gasteiger charge is -2.09. The number of carbonyl (C=O) groups is 1. The van der Waals surface area contributed by atoms with Gasteiger partial charge in [0, 0.05) is 17.1 Å². The van der Waals surface area contributed by atoms with Crippen LogP contribution in [-0.4, -0.2) is 41.9 Å². The molecule has 2 aromatic heterocycles. The van der Waals surface area contributed by atoms with E-state index in [9.17, 15) is 4.79 Å². The first-order chi connectivity index (χ1) is 16.0. The lowest BCUT2D eigenvalue weighted by Crippen LogP contribution is -2.26. The lowest BCUT2D eigenvalue weighted by atomic mass is 10.1. The number of thiazole rings is 1. The number of H-pyrrole nitrogens is 1. The monoisotopic (exact) mass is 482 g/mol. The number of aryl methyl sites for hydroxylation is 1. The fourth-order valence-electron chi connectivity index (χ4n) is 3.39. The number of nitrogens with one attached hydrogen (secondary N) is 2. The normalized spacial score (nSPS) is 10.8. The Morgan fingerprint density at radius 2 is 1.94 bits per heavy atom. The standard InChI is InChI=1S/C24H23ClN4O3S/c1-14-22(33-24(27-14)16-5-4-6-17(25)12-16)18-13-19(29-28-18)23(30)26-10-9-15-7-8-20(31-2)21(11-15)32-3/h4-8,11-13H,9-10H2,1-3H3,(H,26,30)(H,28,29). The molecule has 33 heavy (non-hydrogen) atoms. The number of rotatable bonds is 8. The van der Waals surface area contributed by atoms with Crippen LogP contribution in [0.5, 0.6) is 11.5 Å². The number of hydrogen-bond donors (Lipinski definition) is 2. The molecule has 0 unspecified atom stereocenters. The minimum Gasteiger partial charge on any atom is -0.493 e. The zero-order valence-corrected chi connectivity index (χ0v) is 20.0. The summed E-state index contributed by atoms with van der Waals surface area (Å²) in [4.78, 5) is 18.2. The molecule has 0 atom stereocenters. The zero-order chi connectivity index (χ0) is 23.4. The van der Waals surface area contributed by atoms with E-state index in [1.54, 1.807) is 20.3 Å². The summed E-state index contributed by atoms with van der Waals surface area (Å²) in [5.74, 6) is 1.09. The molecule has 2 heterocycles. The molecule has 2 N–H and O–H groups in total. The molecule has 0 saturated carbocycles. The van der Waals surface area contributed by atoms with Crippen molar-refractivity contribution >= 4 is 28.8 Å². The first-order valence-corrected chi connectivity index (χ1v) is 11.5. The Morgan fingerprint density at radius 3 is 2.70 bits per heavy atom. The van der Waals surface area contributed by atoms with Crippen LogP contribution in [0.15, 0.2) is 48.5 Å². The van der Waals surface area contributed by atoms with Crippen molar-refractivity contribution in [2.24, 2.45) is 0 Å². The average Bonchev–Trinajstić information content (AvgIpc) is 3.45. The molecule has 0 bridgehead atoms. The van der Waals surface area contributed by atoms with E-state index in [1.807, 2.05) is 49.4 Å². The zero-order valence-electron chi connectivity index (χ0n) is 18.4. The highest BCUT2D eigenvalue weighted by Gasteiger charge is 2.16. The highest BCUT2D eigenvalue weighted by atomic mass is 35.5. The van der Waals surface area contributed by atoms with E-state index < -0.39 is 0 Å². The quantitative estimate of drug-likeness (QED) is 0.362. The molecule has 9 heteroatoms. The number of amides is 1. The van der Waals surface area contributed by atoms with Gasteiger partial charge in [0.05, 0.1) is 30.5 Å². The van der Waals surface area contributed by atoms with Crippen molar-refractivity contribution in [2.45, 2.75) is 13.3 Å². The van der Waals surface area contributed by atoms with Crippen LogP contribution in [0.4, 0.5) is 0 Å². The molecule has 1 amide bonds. The summed E-state index contributed by atoms with van der Waals surface area (Å²) in [6.07, 6.45) is 0.653. The van der Waals surface area contributed by atoms with Gasteiger partial charge < -0.3 is 14.8 Å². The van der Waals surface area contributed by atoms with E-state index in [2.05, 4.69) is 20.5 Å². The average molecular weight is 483 g/mol. The number of nitrogens with zero attached hydrogens (tertiary/aromatic N) is 2. The smallest absolute Gasteiger partial charge is 0.271 e. The van der Waals surface area contributed by atoms with Crippen molar-refractivity contribution in [1.82, 2.24) is 20.5 Å². The SMILES string of the molecule is COc1ccc(CCNC(=O)c2cc(-c3sc(-c4cccc(Cl)c4)nc3C)[nH]n2)cc1OC. The highest BCUT2D eigenvalue weighted by Crippen LogP contribution is 2.35. The van der Waals surface area contributed by atoms with Gasteiger partial charge in [-0.1, -0.05) is 29.8 Å². The van der Waals surface area contributed by atoms with E-state index in [1.165, 1.54) is 11.3 Å². The van der Waals surface area contributed by atoms with Crippen LogP contribution < -0.4 is 14.8 Å². The first kappa shape index (κ1) is 22.8. The second kappa shape index (κ2) is 10.1. The van der Waals surface area contributed by atoms with Crippen LogP contribution in [0.2, 0.25) is 5.02 Å². The summed E-state index contributed by atoms with van der Waals surface area (Å²) in [6, 6.07) is 15.0. The first-order valence-electron chi connectivity index (χ1n) is 10.3. The fraction of sp³-hybridized carbons (Fsp3) is 0.208. The molecule has 4 aromatic rings. The number of methoxy groups -OCH3 is 2. The third kappa shape index (κ3) is 5.18. The van der Waals surface area contributed by atoms with Crippen LogP contribution in [0.1, 0.15) is 21.7 Å². The van der Waals surface area contributed by atoms with Crippen molar-refractivity contribution in [3.05, 3.63) is 70.5 Å². The van der Waals surface area contributed by atoms with Gasteiger partial charge in [-0.05, 0) is 49.2 Å². The molecule has 0 aliphatic carbocycles. The lowest BCUT2D eigenvalue weighted by molar-refractivity contribution is 0.0949. The molecule has 2 aromatic carbocycles. The molecule has 4 rings (SSSR count). The van der Waals surface area contributed by atoms with Crippen LogP contribution >= 0.6 is 22.9 Å². The maximum atomic E-state index is 12.6. The number of aromatic nitrogens is 3. The Morgan fingerprint density at radius 1 is 1.12 bits per heavy atom. The number of carbonyl (C=O) groups excluding carboxylic acids is 1. The molecule has 0 aliphatic rings. The van der Waals surface area contributed by atoms with E-state index in [0.29, 0.717) is 35.2 Å². The summed E-state index contributed by atoms with van der Waals surface area (Å²) in [7, 11) is 3.20. The number of halogens is 1. The van der Waals surface area contributed by atoms with Crippen LogP contribution in [0.3, 0.4) is 0 Å². The number of benzene rings is 2. The van der Waals surface area contributed by atoms with E-state index in [4.69, 9.17) is 21.1 Å². The topological polar surface area (TPSA) is 89.1 Å². The molecular formula is C24H23ClN4O3S. The van der Waals surface area contributed by atoms with Crippen molar-refractivity contribution in [3.8, 4) is 32.6 Å². The van der Waals surface area contributed by atoms with E-state index in [0.717, 1.165) is 32.4 Å². The maximum absolute atomic E-state index is 12.6. The Labute approximate surface area is 200 Å². The van der Waals surface area contributed by atoms with Crippen LogP contribution in [-0.2, 0) is 6.42 Å². The molecule has 170 valence electrons. The number of ether oxygens (including phenoxy) is 2. The summed E-state index contributed by atoms with van der Waals surface area (Å²) in [6.45, 7) is 2.40. The molecular weight excluding hydrogens is 460 g/mol. The summed E-state index contributed by atoms with van der Waals surface area (Å²) in [5.41, 5.74) is 3.93. The van der Waals surface area contributed by atoms with Gasteiger partial charge in [0.25, 0.3) is 5.91 Å². The van der Waals surface area contributed by atoms with Gasteiger partial charge in [-0.2, -0.15) is 5.10 Å². The predicted molar refractivity (Wildman–Crippen MR) is 130 cm³/mol. The summed E-state index contributed by atoms with van der Waals surface area (Å²) in [5, 5.41) is 11.6. The Bertz CT molecular complexity index is 1280.